The minimum Gasteiger partial charge on any atom is -0.399 e. The van der Waals surface area contributed by atoms with Crippen LogP contribution in [0.25, 0.3) is 0 Å². The molecular formula is C14H17ClN4O. The molecule has 0 unspecified atom stereocenters. The van der Waals surface area contributed by atoms with Gasteiger partial charge in [-0.2, -0.15) is 0 Å². The Kier molecular flexibility index (Phi) is 4.29. The Morgan fingerprint density at radius 1 is 1.50 bits per heavy atom. The number of imidazole rings is 1. The molecule has 0 saturated carbocycles. The molecule has 1 aromatic carbocycles. The van der Waals surface area contributed by atoms with Crippen LogP contribution in [0.15, 0.2) is 30.6 Å². The Bertz CT molecular complexity index is 621. The van der Waals surface area contributed by atoms with Gasteiger partial charge < -0.3 is 10.3 Å². The molecule has 0 fully saturated rings. The van der Waals surface area contributed by atoms with E-state index in [1.165, 1.54) is 0 Å². The maximum Gasteiger partial charge on any atom is 0.259 e. The molecule has 0 aliphatic heterocycles. The normalized spacial score (nSPS) is 10.8. The quantitative estimate of drug-likeness (QED) is 0.851. The molecule has 6 heteroatoms. The molecule has 1 amide bonds. The van der Waals surface area contributed by atoms with E-state index in [4.69, 9.17) is 17.3 Å². The van der Waals surface area contributed by atoms with Crippen molar-refractivity contribution in [1.29, 1.82) is 0 Å². The summed E-state index contributed by atoms with van der Waals surface area (Å²) in [7, 11) is 0. The van der Waals surface area contributed by atoms with Gasteiger partial charge in [-0.3, -0.25) is 10.1 Å². The second kappa shape index (κ2) is 5.96. The molecule has 0 spiro atoms. The highest BCUT2D eigenvalue weighted by molar-refractivity contribution is 6.34. The van der Waals surface area contributed by atoms with E-state index in [-0.39, 0.29) is 5.91 Å². The average Bonchev–Trinajstić information content (AvgIpc) is 2.75. The third kappa shape index (κ3) is 3.30. The molecule has 2 rings (SSSR count). The Balaban J connectivity index is 2.17. The first-order valence-corrected chi connectivity index (χ1v) is 6.72. The molecule has 5 nitrogen and oxygen atoms in total. The summed E-state index contributed by atoms with van der Waals surface area (Å²) in [4.78, 5) is 16.3. The Morgan fingerprint density at radius 3 is 2.90 bits per heavy atom. The third-order valence-corrected chi connectivity index (χ3v) is 3.05. The third-order valence-electron chi connectivity index (χ3n) is 2.74. The van der Waals surface area contributed by atoms with Gasteiger partial charge in [-0.25, -0.2) is 4.98 Å². The van der Waals surface area contributed by atoms with Crippen LogP contribution in [0.5, 0.6) is 0 Å². The number of nitrogen functional groups attached to an aromatic ring is 1. The van der Waals surface area contributed by atoms with Crippen molar-refractivity contribution in [2.24, 2.45) is 5.92 Å². The van der Waals surface area contributed by atoms with Crippen molar-refractivity contribution < 1.29 is 4.79 Å². The summed E-state index contributed by atoms with van der Waals surface area (Å²) in [5.74, 6) is 0.669. The number of carbonyl (C=O) groups is 1. The Hall–Kier alpha value is -2.01. The second-order valence-electron chi connectivity index (χ2n) is 4.99. The molecule has 2 aromatic rings. The van der Waals surface area contributed by atoms with Gasteiger partial charge in [0.1, 0.15) is 0 Å². The van der Waals surface area contributed by atoms with Crippen LogP contribution in [0.3, 0.4) is 0 Å². The predicted molar refractivity (Wildman–Crippen MR) is 80.9 cm³/mol. The summed E-state index contributed by atoms with van der Waals surface area (Å²) in [5, 5.41) is 3.08. The summed E-state index contributed by atoms with van der Waals surface area (Å²) in [6, 6.07) is 4.79. The molecule has 20 heavy (non-hydrogen) atoms. The number of nitrogens with zero attached hydrogens (tertiary/aromatic N) is 2. The highest BCUT2D eigenvalue weighted by Crippen LogP contribution is 2.20. The zero-order valence-electron chi connectivity index (χ0n) is 11.4. The lowest BCUT2D eigenvalue weighted by Gasteiger charge is -2.11. The number of anilines is 2. The number of amides is 1. The summed E-state index contributed by atoms with van der Waals surface area (Å²) in [6.45, 7) is 4.98. The van der Waals surface area contributed by atoms with E-state index < -0.39 is 0 Å². The molecule has 0 aliphatic carbocycles. The van der Waals surface area contributed by atoms with Crippen molar-refractivity contribution in [3.8, 4) is 0 Å². The van der Waals surface area contributed by atoms with E-state index in [0.717, 1.165) is 6.54 Å². The lowest BCUT2D eigenvalue weighted by molar-refractivity contribution is 0.102. The number of rotatable bonds is 4. The molecule has 106 valence electrons. The Labute approximate surface area is 122 Å². The zero-order chi connectivity index (χ0) is 14.7. The minimum atomic E-state index is -0.300. The van der Waals surface area contributed by atoms with E-state index in [9.17, 15) is 4.79 Å². The molecule has 0 saturated heterocycles. The van der Waals surface area contributed by atoms with Crippen LogP contribution in [0.1, 0.15) is 24.2 Å². The van der Waals surface area contributed by atoms with Crippen molar-refractivity contribution >= 4 is 29.1 Å². The molecule has 1 aromatic heterocycles. The first-order valence-electron chi connectivity index (χ1n) is 6.35. The van der Waals surface area contributed by atoms with E-state index >= 15 is 0 Å². The van der Waals surface area contributed by atoms with Crippen molar-refractivity contribution in [3.63, 3.8) is 0 Å². The minimum absolute atomic E-state index is 0.300. The van der Waals surface area contributed by atoms with E-state index in [0.29, 0.717) is 28.1 Å². The molecule has 1 heterocycles. The number of hydrogen-bond donors (Lipinski definition) is 2. The highest BCUT2D eigenvalue weighted by Gasteiger charge is 2.13. The summed E-state index contributed by atoms with van der Waals surface area (Å²) in [5.41, 5.74) is 6.51. The maximum atomic E-state index is 12.2. The van der Waals surface area contributed by atoms with Crippen molar-refractivity contribution in [1.82, 2.24) is 9.55 Å². The fourth-order valence-electron chi connectivity index (χ4n) is 1.86. The number of nitrogens with one attached hydrogen (secondary N) is 1. The topological polar surface area (TPSA) is 72.9 Å². The van der Waals surface area contributed by atoms with Gasteiger partial charge >= 0.3 is 0 Å². The van der Waals surface area contributed by atoms with Gasteiger partial charge in [-0.1, -0.05) is 25.4 Å². The standard InChI is InChI=1S/C14H17ClN4O/c1-9(2)8-19-6-5-17-14(19)18-13(20)11-4-3-10(16)7-12(11)15/h3-7,9H,8,16H2,1-2H3,(H,17,18,20). The van der Waals surface area contributed by atoms with Gasteiger partial charge in [-0.05, 0) is 24.1 Å². The van der Waals surface area contributed by atoms with Gasteiger partial charge in [0.2, 0.25) is 5.95 Å². The van der Waals surface area contributed by atoms with Gasteiger partial charge in [0, 0.05) is 24.6 Å². The number of carbonyl (C=O) groups excluding carboxylic acids is 1. The first-order chi connectivity index (χ1) is 9.47. The molecule has 0 aliphatic rings. The first kappa shape index (κ1) is 14.4. The summed E-state index contributed by atoms with van der Waals surface area (Å²) < 4.78 is 1.90. The zero-order valence-corrected chi connectivity index (χ0v) is 12.2. The number of nitrogens with two attached hydrogens (primary N) is 1. The summed E-state index contributed by atoms with van der Waals surface area (Å²) in [6.07, 6.45) is 3.49. The van der Waals surface area contributed by atoms with Crippen LogP contribution in [-0.4, -0.2) is 15.5 Å². The van der Waals surface area contributed by atoms with Crippen LogP contribution in [0, 0.1) is 5.92 Å². The van der Waals surface area contributed by atoms with Gasteiger partial charge in [0.25, 0.3) is 5.91 Å². The maximum absolute atomic E-state index is 12.2. The largest absolute Gasteiger partial charge is 0.399 e. The van der Waals surface area contributed by atoms with Crippen LogP contribution < -0.4 is 11.1 Å². The van der Waals surface area contributed by atoms with Gasteiger partial charge in [0.15, 0.2) is 0 Å². The predicted octanol–water partition coefficient (Wildman–Crippen LogP) is 3.03. The number of benzene rings is 1. The van der Waals surface area contributed by atoms with Crippen molar-refractivity contribution in [3.05, 3.63) is 41.2 Å². The van der Waals surface area contributed by atoms with Crippen LogP contribution in [0.4, 0.5) is 11.6 Å². The molecule has 0 radical (unpaired) electrons. The monoisotopic (exact) mass is 292 g/mol. The summed E-state index contributed by atoms with van der Waals surface area (Å²) >= 11 is 6.02. The smallest absolute Gasteiger partial charge is 0.259 e. The lowest BCUT2D eigenvalue weighted by Crippen LogP contribution is -2.17. The molecule has 0 bridgehead atoms. The molecule has 3 N–H and O–H groups in total. The van der Waals surface area contributed by atoms with Crippen LogP contribution >= 0.6 is 11.6 Å². The van der Waals surface area contributed by atoms with Gasteiger partial charge in [0.05, 0.1) is 10.6 Å². The molecular weight excluding hydrogens is 276 g/mol. The van der Waals surface area contributed by atoms with Crippen LogP contribution in [0.2, 0.25) is 5.02 Å². The SMILES string of the molecule is CC(C)Cn1ccnc1NC(=O)c1ccc(N)cc1Cl. The highest BCUT2D eigenvalue weighted by atomic mass is 35.5. The Morgan fingerprint density at radius 2 is 2.25 bits per heavy atom. The fraction of sp³-hybridized carbons (Fsp3) is 0.286. The second-order valence-corrected chi connectivity index (χ2v) is 5.40. The fourth-order valence-corrected chi connectivity index (χ4v) is 2.13. The van der Waals surface area contributed by atoms with E-state index in [1.807, 2.05) is 10.8 Å². The lowest BCUT2D eigenvalue weighted by atomic mass is 10.2. The van der Waals surface area contributed by atoms with Crippen molar-refractivity contribution in [2.75, 3.05) is 11.1 Å². The average molecular weight is 293 g/mol. The van der Waals surface area contributed by atoms with Gasteiger partial charge in [-0.15, -0.1) is 0 Å². The number of halogens is 1. The number of aromatic nitrogens is 2. The van der Waals surface area contributed by atoms with Crippen LogP contribution in [-0.2, 0) is 6.54 Å². The van der Waals surface area contributed by atoms with Crippen molar-refractivity contribution in [2.45, 2.75) is 20.4 Å². The van der Waals surface area contributed by atoms with E-state index in [1.54, 1.807) is 24.4 Å². The van der Waals surface area contributed by atoms with E-state index in [2.05, 4.69) is 24.1 Å². The number of hydrogen-bond acceptors (Lipinski definition) is 3. The molecule has 0 atom stereocenters.